The van der Waals surface area contributed by atoms with Crippen LogP contribution in [0, 0.1) is 0 Å². The van der Waals surface area contributed by atoms with Gasteiger partial charge in [-0.15, -0.1) is 0 Å². The Hall–Kier alpha value is 2.63. The van der Waals surface area contributed by atoms with Crippen molar-refractivity contribution < 1.29 is 41.0 Å². The van der Waals surface area contributed by atoms with Crippen molar-refractivity contribution in [1.82, 2.24) is 0 Å². The van der Waals surface area contributed by atoms with Crippen molar-refractivity contribution in [2.45, 2.75) is 0 Å². The Morgan fingerprint density at radius 3 is 1.14 bits per heavy atom. The molecule has 0 fully saturated rings. The Morgan fingerprint density at radius 2 is 1.14 bits per heavy atom. The monoisotopic (exact) mass is 231 g/mol. The van der Waals surface area contributed by atoms with Gasteiger partial charge in [-0.1, -0.05) is 0 Å². The van der Waals surface area contributed by atoms with Gasteiger partial charge in [0.05, 0.1) is 0 Å². The molecule has 0 unspecified atom stereocenters. The molecule has 0 aliphatic heterocycles. The molecule has 0 aromatic rings. The van der Waals surface area contributed by atoms with Crippen molar-refractivity contribution in [3.63, 3.8) is 0 Å². The molecular weight excluding hydrogens is 228 g/mol. The Balaban J connectivity index is -0.0000000800. The van der Waals surface area contributed by atoms with Crippen LogP contribution in [0.1, 0.15) is 0 Å². The normalized spacial score (nSPS) is 8.43. The van der Waals surface area contributed by atoms with Gasteiger partial charge in [0.2, 0.25) is 0 Å². The Morgan fingerprint density at radius 1 is 1.14 bits per heavy atom. The van der Waals surface area contributed by atoms with Crippen LogP contribution in [0.2, 0.25) is 0 Å². The molecule has 0 spiro atoms. The minimum absolute atomic E-state index is 0. The maximum atomic E-state index is 8.88. The van der Waals surface area contributed by atoms with Crippen LogP contribution in [-0.2, 0) is 26.3 Å². The molecule has 0 aliphatic rings. The van der Waals surface area contributed by atoms with E-state index in [0.29, 0.717) is 0 Å². The van der Waals surface area contributed by atoms with Crippen LogP contribution in [-0.4, -0.2) is 72.9 Å². The second-order valence-corrected chi connectivity index (χ2v) is 1.54. The van der Waals surface area contributed by atoms with Gasteiger partial charge in [0.25, 0.3) is 0 Å². The minimum atomic E-state index is -4.64. The quantitative estimate of drug-likeness (QED) is 0.357. The van der Waals surface area contributed by atoms with E-state index in [1.165, 1.54) is 0 Å². The van der Waals surface area contributed by atoms with Gasteiger partial charge in [-0.05, 0) is 0 Å². The molecule has 0 rings (SSSR count). The summed E-state index contributed by atoms with van der Waals surface area (Å²) in [4.78, 5) is 21.6. The summed E-state index contributed by atoms with van der Waals surface area (Å²) in [6, 6.07) is 0. The average molecular weight is 231 g/mol. The van der Waals surface area contributed by atoms with Gasteiger partial charge in [-0.2, -0.15) is 0 Å². The predicted molar refractivity (Wildman–Crippen MR) is 20.0 cm³/mol. The van der Waals surface area contributed by atoms with Gasteiger partial charge < -0.3 is 14.7 Å². The summed E-state index contributed by atoms with van der Waals surface area (Å²) in [5, 5.41) is 0. The number of hydrogen-bond acceptors (Lipinski definition) is 1. The maximum absolute atomic E-state index is 8.88. The molecule has 0 aliphatic carbocycles. The van der Waals surface area contributed by atoms with Crippen LogP contribution in [0.25, 0.3) is 0 Å². The molecule has 1 radical (unpaired) electrons. The largest absolute Gasteiger partial charge is 0.466 e. The third kappa shape index (κ3) is 54.9. The van der Waals surface area contributed by atoms with E-state index in [4.69, 9.17) is 19.2 Å². The first kappa shape index (κ1) is 16.3. The third-order valence-electron chi connectivity index (χ3n) is 0. The van der Waals surface area contributed by atoms with Crippen LogP contribution in [0.5, 0.6) is 0 Å². The van der Waals surface area contributed by atoms with Crippen molar-refractivity contribution in [2.75, 3.05) is 0 Å². The first-order chi connectivity index (χ1) is 2.00. The molecule has 0 heterocycles. The second kappa shape index (κ2) is 6.75. The maximum Gasteiger partial charge on any atom is 0.466 e. The fourth-order valence-electron chi connectivity index (χ4n) is 0. The number of rotatable bonds is 0. The molecule has 0 saturated carbocycles. The Bertz CT molecular complexity index is 57.8. The summed E-state index contributed by atoms with van der Waals surface area (Å²) in [7, 11) is -4.64. The van der Waals surface area contributed by atoms with E-state index < -0.39 is 7.82 Å². The van der Waals surface area contributed by atoms with Crippen molar-refractivity contribution in [1.29, 1.82) is 0 Å². The molecule has 0 aromatic carbocycles. The van der Waals surface area contributed by atoms with Gasteiger partial charge >= 0.3 is 7.82 Å². The van der Waals surface area contributed by atoms with Crippen LogP contribution in [0.3, 0.4) is 0 Å². The molecule has 0 amide bonds. The van der Waals surface area contributed by atoms with Gasteiger partial charge in [0.15, 0.2) is 0 Å². The van der Waals surface area contributed by atoms with Crippen molar-refractivity contribution in [3.8, 4) is 0 Å². The molecule has 3 N–H and O–H groups in total. The zero-order valence-electron chi connectivity index (χ0n) is 3.70. The minimum Gasteiger partial charge on any atom is -0.303 e. The molecule has 7 heteroatoms. The summed E-state index contributed by atoms with van der Waals surface area (Å²) in [6.07, 6.45) is 0. The van der Waals surface area contributed by atoms with Gasteiger partial charge in [-0.3, -0.25) is 0 Å². The summed E-state index contributed by atoms with van der Waals surface area (Å²) >= 11 is 0. The zero-order chi connectivity index (χ0) is 4.50. The molecule has 0 bridgehead atoms. The van der Waals surface area contributed by atoms with E-state index in [0.717, 1.165) is 0 Å². The summed E-state index contributed by atoms with van der Waals surface area (Å²) in [5.74, 6) is 0. The van der Waals surface area contributed by atoms with Gasteiger partial charge in [0.1, 0.15) is 0 Å². The van der Waals surface area contributed by atoms with E-state index >= 15 is 0 Å². The zero-order valence-corrected chi connectivity index (χ0v) is 11.1. The van der Waals surface area contributed by atoms with E-state index in [1.807, 2.05) is 0 Å². The topological polar surface area (TPSA) is 77.8 Å². The van der Waals surface area contributed by atoms with Crippen molar-refractivity contribution in [3.05, 3.63) is 0 Å². The fraction of sp³-hybridized carbons (Fsp3) is 0. The van der Waals surface area contributed by atoms with E-state index in [-0.39, 0.29) is 79.9 Å². The van der Waals surface area contributed by atoms with Crippen LogP contribution < -0.4 is 0 Å². The molecule has 0 saturated heterocycles. The summed E-state index contributed by atoms with van der Waals surface area (Å²) in [6.45, 7) is 0. The predicted octanol–water partition coefficient (Wildman–Crippen LogP) is -1.31. The number of phosphoric acid groups is 1. The molecule has 4 nitrogen and oxygen atoms in total. The summed E-state index contributed by atoms with van der Waals surface area (Å²) < 4.78 is 8.88. The van der Waals surface area contributed by atoms with Gasteiger partial charge in [-0.25, -0.2) is 4.57 Å². The smallest absolute Gasteiger partial charge is 0.303 e. The third-order valence-corrected chi connectivity index (χ3v) is 0. The number of hydrogen-bond donors (Lipinski definition) is 3. The van der Waals surface area contributed by atoms with E-state index in [2.05, 4.69) is 0 Å². The molecule has 0 atom stereocenters. The first-order valence-electron chi connectivity index (χ1n) is 0.783. The molecular formula is H3O4PRbTi. The van der Waals surface area contributed by atoms with Crippen LogP contribution in [0.4, 0.5) is 0 Å². The van der Waals surface area contributed by atoms with E-state index in [9.17, 15) is 0 Å². The van der Waals surface area contributed by atoms with Gasteiger partial charge in [0, 0.05) is 79.9 Å². The summed E-state index contributed by atoms with van der Waals surface area (Å²) in [5.41, 5.74) is 0. The fourth-order valence-corrected chi connectivity index (χ4v) is 0. The van der Waals surface area contributed by atoms with Crippen molar-refractivity contribution in [2.24, 2.45) is 0 Å². The van der Waals surface area contributed by atoms with E-state index in [1.54, 1.807) is 0 Å². The molecule has 37 valence electrons. The SMILES string of the molecule is O=P(O)(O)O.[Rb].[Ti]. The van der Waals surface area contributed by atoms with Crippen LogP contribution >= 0.6 is 7.82 Å². The van der Waals surface area contributed by atoms with Crippen molar-refractivity contribution >= 4 is 66.0 Å². The Kier molecular flexibility index (Phi) is 15.7. The second-order valence-electron chi connectivity index (χ2n) is 0.513. The molecule has 7 heavy (non-hydrogen) atoms. The molecule has 0 aromatic heterocycles. The van der Waals surface area contributed by atoms with Crippen LogP contribution in [0.15, 0.2) is 0 Å². The average Bonchev–Trinajstić information content (AvgIpc) is 0.722. The standard InChI is InChI=1S/H3O4P.Rb.Ti/c1-5(2,3)4;;/h(H3,1,2,3,4);;. The Labute approximate surface area is 105 Å². The first-order valence-corrected chi connectivity index (χ1v) is 2.35.